The number of nitrogens with one attached hydrogen (secondary N) is 1. The summed E-state index contributed by atoms with van der Waals surface area (Å²) in [5.41, 5.74) is -0.447. The number of amides is 1. The molecule has 1 amide bonds. The average Bonchev–Trinajstić information content (AvgIpc) is 3.06. The number of halogens is 1. The molecule has 2 aliphatic carbocycles. The van der Waals surface area contributed by atoms with Crippen LogP contribution in [-0.4, -0.2) is 36.0 Å². The fourth-order valence-electron chi connectivity index (χ4n) is 6.13. The number of carbonyl (C=O) groups is 2. The molecule has 0 spiro atoms. The van der Waals surface area contributed by atoms with Gasteiger partial charge in [0.2, 0.25) is 0 Å². The zero-order valence-corrected chi connectivity index (χ0v) is 16.8. The Balaban J connectivity index is 1.51. The van der Waals surface area contributed by atoms with E-state index in [1.807, 2.05) is 6.92 Å². The summed E-state index contributed by atoms with van der Waals surface area (Å²) in [5, 5.41) is 12.9. The monoisotopic (exact) mass is 405 g/mol. The second-order valence-electron chi connectivity index (χ2n) is 9.21. The van der Waals surface area contributed by atoms with E-state index in [0.29, 0.717) is 18.5 Å². The Bertz CT molecular complexity index is 816. The highest BCUT2D eigenvalue weighted by Crippen LogP contribution is 2.62. The summed E-state index contributed by atoms with van der Waals surface area (Å²) in [4.78, 5) is 24.3. The standard InChI is InChI=1S/C22H28FNO5/c1-21-9-8-18(29-20(27)24-14-5-3-4-13(23)10-14)22(2,12-25)17(21)7-6-16-15(21)11-19(26)28-16/h3-5,10,15-18,25H,6-9,11-12H2,1-2H3,(H,24,27)/t15-,16-,17?,18-,21+,22+/m1/s1. The number of aliphatic hydroxyl groups is 1. The van der Waals surface area contributed by atoms with E-state index in [-0.39, 0.29) is 35.9 Å². The lowest BCUT2D eigenvalue weighted by Gasteiger charge is -2.59. The van der Waals surface area contributed by atoms with Gasteiger partial charge in [-0.15, -0.1) is 0 Å². The fourth-order valence-corrected chi connectivity index (χ4v) is 6.13. The Kier molecular flexibility index (Phi) is 5.05. The number of rotatable bonds is 3. The van der Waals surface area contributed by atoms with Crippen molar-refractivity contribution in [1.29, 1.82) is 0 Å². The van der Waals surface area contributed by atoms with Crippen molar-refractivity contribution >= 4 is 17.7 Å². The van der Waals surface area contributed by atoms with Crippen LogP contribution in [0.2, 0.25) is 0 Å². The summed E-state index contributed by atoms with van der Waals surface area (Å²) in [7, 11) is 0. The first kappa shape index (κ1) is 20.1. The molecule has 6 nitrogen and oxygen atoms in total. The van der Waals surface area contributed by atoms with E-state index < -0.39 is 23.4 Å². The summed E-state index contributed by atoms with van der Waals surface area (Å²) in [6.45, 7) is 4.04. The molecule has 4 rings (SSSR count). The fraction of sp³-hybridized carbons (Fsp3) is 0.636. The van der Waals surface area contributed by atoms with Crippen molar-refractivity contribution < 1.29 is 28.6 Å². The van der Waals surface area contributed by atoms with Gasteiger partial charge in [0.25, 0.3) is 0 Å². The highest BCUT2D eigenvalue weighted by molar-refractivity contribution is 5.84. The topological polar surface area (TPSA) is 84.9 Å². The lowest BCUT2D eigenvalue weighted by atomic mass is 9.46. The molecule has 1 heterocycles. The van der Waals surface area contributed by atoms with E-state index in [9.17, 15) is 19.1 Å². The SMILES string of the molecule is C[C@]1(CO)C2CC[C@H]3OC(=O)C[C@H]3[C@]2(C)CC[C@H]1OC(=O)Nc1cccc(F)c1. The maximum Gasteiger partial charge on any atom is 0.411 e. The molecular weight excluding hydrogens is 377 g/mol. The van der Waals surface area contributed by atoms with Crippen LogP contribution in [0.3, 0.4) is 0 Å². The molecule has 1 saturated heterocycles. The molecule has 1 aliphatic heterocycles. The number of carbonyl (C=O) groups excluding carboxylic acids is 2. The van der Waals surface area contributed by atoms with Crippen molar-refractivity contribution in [2.45, 2.75) is 58.2 Å². The summed E-state index contributed by atoms with van der Waals surface area (Å²) < 4.78 is 24.6. The predicted molar refractivity (Wildman–Crippen MR) is 104 cm³/mol. The Morgan fingerprint density at radius 2 is 2.14 bits per heavy atom. The summed E-state index contributed by atoms with van der Waals surface area (Å²) in [6, 6.07) is 5.63. The summed E-state index contributed by atoms with van der Waals surface area (Å²) in [5.74, 6) is -0.333. The highest BCUT2D eigenvalue weighted by Gasteiger charge is 2.62. The lowest BCUT2D eigenvalue weighted by molar-refractivity contribution is -0.174. The zero-order chi connectivity index (χ0) is 20.8. The van der Waals surface area contributed by atoms with E-state index >= 15 is 0 Å². The Morgan fingerprint density at radius 3 is 2.86 bits per heavy atom. The van der Waals surface area contributed by atoms with Gasteiger partial charge in [-0.1, -0.05) is 19.9 Å². The van der Waals surface area contributed by atoms with Gasteiger partial charge in [-0.05, 0) is 55.2 Å². The molecule has 29 heavy (non-hydrogen) atoms. The Hall–Kier alpha value is -2.15. The molecule has 2 N–H and O–H groups in total. The van der Waals surface area contributed by atoms with E-state index in [1.165, 1.54) is 18.2 Å². The van der Waals surface area contributed by atoms with Crippen LogP contribution in [-0.2, 0) is 14.3 Å². The second-order valence-corrected chi connectivity index (χ2v) is 9.21. The van der Waals surface area contributed by atoms with Crippen LogP contribution in [0, 0.1) is 28.5 Å². The largest absolute Gasteiger partial charge is 0.462 e. The van der Waals surface area contributed by atoms with E-state index in [1.54, 1.807) is 6.07 Å². The van der Waals surface area contributed by atoms with E-state index in [2.05, 4.69) is 12.2 Å². The number of aliphatic hydroxyl groups excluding tert-OH is 1. The van der Waals surface area contributed by atoms with Crippen LogP contribution >= 0.6 is 0 Å². The molecule has 1 aromatic carbocycles. The van der Waals surface area contributed by atoms with Crippen LogP contribution in [0.15, 0.2) is 24.3 Å². The third kappa shape index (κ3) is 3.39. The maximum atomic E-state index is 13.4. The van der Waals surface area contributed by atoms with Crippen LogP contribution in [0.4, 0.5) is 14.9 Å². The van der Waals surface area contributed by atoms with Gasteiger partial charge in [0.05, 0.1) is 13.0 Å². The number of anilines is 1. The lowest BCUT2D eigenvalue weighted by Crippen LogP contribution is -2.59. The molecular formula is C22H28FNO5. The number of ether oxygens (including phenoxy) is 2. The number of benzene rings is 1. The van der Waals surface area contributed by atoms with Gasteiger partial charge in [-0.3, -0.25) is 10.1 Å². The van der Waals surface area contributed by atoms with Crippen LogP contribution in [0.5, 0.6) is 0 Å². The van der Waals surface area contributed by atoms with Crippen molar-refractivity contribution in [3.8, 4) is 0 Å². The van der Waals surface area contributed by atoms with Crippen LogP contribution in [0.25, 0.3) is 0 Å². The molecule has 3 aliphatic rings. The normalized spacial score (nSPS) is 38.6. The molecule has 3 fully saturated rings. The number of esters is 1. The molecule has 7 heteroatoms. The predicted octanol–water partition coefficient (Wildman–Crippen LogP) is 3.88. The Morgan fingerprint density at radius 1 is 1.34 bits per heavy atom. The molecule has 6 atom stereocenters. The van der Waals surface area contributed by atoms with Crippen molar-refractivity contribution in [3.63, 3.8) is 0 Å². The smallest absolute Gasteiger partial charge is 0.411 e. The summed E-state index contributed by atoms with van der Waals surface area (Å²) >= 11 is 0. The van der Waals surface area contributed by atoms with Gasteiger partial charge in [0.15, 0.2) is 0 Å². The van der Waals surface area contributed by atoms with E-state index in [0.717, 1.165) is 19.3 Å². The quantitative estimate of drug-likeness (QED) is 0.746. The minimum atomic E-state index is -0.656. The summed E-state index contributed by atoms with van der Waals surface area (Å²) in [6.07, 6.45) is 2.24. The molecule has 0 radical (unpaired) electrons. The van der Waals surface area contributed by atoms with Gasteiger partial charge < -0.3 is 14.6 Å². The second kappa shape index (κ2) is 7.27. The first-order valence-electron chi connectivity index (χ1n) is 10.3. The minimum Gasteiger partial charge on any atom is -0.462 e. The van der Waals surface area contributed by atoms with Crippen molar-refractivity contribution in [3.05, 3.63) is 30.1 Å². The minimum absolute atomic E-state index is 0.0413. The molecule has 158 valence electrons. The first-order valence-corrected chi connectivity index (χ1v) is 10.3. The molecule has 1 unspecified atom stereocenters. The van der Waals surface area contributed by atoms with Gasteiger partial charge in [0, 0.05) is 17.0 Å². The van der Waals surface area contributed by atoms with Crippen molar-refractivity contribution in [2.75, 3.05) is 11.9 Å². The third-order valence-electron chi connectivity index (χ3n) is 7.64. The average molecular weight is 405 g/mol. The molecule has 0 aromatic heterocycles. The first-order chi connectivity index (χ1) is 13.8. The number of hydrogen-bond donors (Lipinski definition) is 2. The van der Waals surface area contributed by atoms with E-state index in [4.69, 9.17) is 9.47 Å². The Labute approximate surface area is 169 Å². The zero-order valence-electron chi connectivity index (χ0n) is 16.8. The molecule has 1 aromatic rings. The third-order valence-corrected chi connectivity index (χ3v) is 7.64. The number of fused-ring (bicyclic) bond motifs is 3. The molecule has 0 bridgehead atoms. The van der Waals surface area contributed by atoms with Gasteiger partial charge >= 0.3 is 12.1 Å². The number of hydrogen-bond acceptors (Lipinski definition) is 5. The van der Waals surface area contributed by atoms with Crippen molar-refractivity contribution in [1.82, 2.24) is 0 Å². The van der Waals surface area contributed by atoms with Crippen molar-refractivity contribution in [2.24, 2.45) is 22.7 Å². The van der Waals surface area contributed by atoms with Crippen LogP contribution in [0.1, 0.15) is 46.0 Å². The highest BCUT2D eigenvalue weighted by atomic mass is 19.1. The van der Waals surface area contributed by atoms with Crippen LogP contribution < -0.4 is 5.32 Å². The molecule has 2 saturated carbocycles. The van der Waals surface area contributed by atoms with Gasteiger partial charge in [-0.2, -0.15) is 0 Å². The maximum absolute atomic E-state index is 13.4. The van der Waals surface area contributed by atoms with Gasteiger partial charge in [0.1, 0.15) is 18.0 Å². The van der Waals surface area contributed by atoms with Gasteiger partial charge in [-0.25, -0.2) is 9.18 Å².